The Morgan fingerprint density at radius 1 is 1.17 bits per heavy atom. The maximum Gasteiger partial charge on any atom is 0.0955 e. The van der Waals surface area contributed by atoms with Crippen LogP contribution in [0.1, 0.15) is 42.2 Å². The van der Waals surface area contributed by atoms with Crippen molar-refractivity contribution in [2.75, 3.05) is 13.2 Å². The lowest BCUT2D eigenvalue weighted by Gasteiger charge is -2.34. The molecular formula is C16H25NO. The van der Waals surface area contributed by atoms with Gasteiger partial charge in [0.25, 0.3) is 0 Å². The summed E-state index contributed by atoms with van der Waals surface area (Å²) in [6.45, 7) is 12.7. The fraction of sp³-hybridized carbons (Fsp3) is 0.625. The zero-order valence-corrected chi connectivity index (χ0v) is 12.2. The normalized spacial score (nSPS) is 24.6. The van der Waals surface area contributed by atoms with Gasteiger partial charge in [-0.25, -0.2) is 0 Å². The molecule has 1 aromatic rings. The Bertz CT molecular complexity index is 394. The summed E-state index contributed by atoms with van der Waals surface area (Å²) in [4.78, 5) is 0. The first-order valence-electron chi connectivity index (χ1n) is 6.91. The molecule has 2 unspecified atom stereocenters. The largest absolute Gasteiger partial charge is 0.371 e. The van der Waals surface area contributed by atoms with Crippen LogP contribution in [0.15, 0.2) is 12.1 Å². The number of ether oxygens (including phenoxy) is 1. The van der Waals surface area contributed by atoms with Crippen LogP contribution >= 0.6 is 0 Å². The van der Waals surface area contributed by atoms with Gasteiger partial charge < -0.3 is 10.1 Å². The van der Waals surface area contributed by atoms with Crippen LogP contribution in [0.3, 0.4) is 0 Å². The summed E-state index contributed by atoms with van der Waals surface area (Å²) < 4.78 is 6.08. The van der Waals surface area contributed by atoms with Crippen LogP contribution in [0.5, 0.6) is 0 Å². The van der Waals surface area contributed by atoms with E-state index in [-0.39, 0.29) is 6.10 Å². The van der Waals surface area contributed by atoms with Gasteiger partial charge in [-0.15, -0.1) is 0 Å². The molecule has 0 radical (unpaired) electrons. The summed E-state index contributed by atoms with van der Waals surface area (Å²) in [6, 6.07) is 4.99. The standard InChI is InChI=1S/C16H25NO/c1-10(2)14-9-18-15(8-17-14)16-12(4)6-11(3)7-13(16)5/h6-7,10,14-15,17H,8-9H2,1-5H3. The molecule has 0 amide bonds. The molecule has 1 saturated heterocycles. The van der Waals surface area contributed by atoms with Crippen LogP contribution in [-0.4, -0.2) is 19.2 Å². The lowest BCUT2D eigenvalue weighted by atomic mass is 9.94. The van der Waals surface area contributed by atoms with Gasteiger partial charge in [-0.1, -0.05) is 31.5 Å². The number of hydrogen-bond donors (Lipinski definition) is 1. The third-order valence-electron chi connectivity index (χ3n) is 3.91. The zero-order valence-electron chi connectivity index (χ0n) is 12.2. The van der Waals surface area contributed by atoms with Gasteiger partial charge in [-0.3, -0.25) is 0 Å². The minimum Gasteiger partial charge on any atom is -0.371 e. The highest BCUT2D eigenvalue weighted by molar-refractivity contribution is 5.39. The van der Waals surface area contributed by atoms with E-state index in [9.17, 15) is 0 Å². The van der Waals surface area contributed by atoms with Gasteiger partial charge >= 0.3 is 0 Å². The summed E-state index contributed by atoms with van der Waals surface area (Å²) in [5.41, 5.74) is 5.40. The van der Waals surface area contributed by atoms with E-state index < -0.39 is 0 Å². The van der Waals surface area contributed by atoms with Crippen LogP contribution in [-0.2, 0) is 4.74 Å². The molecule has 0 aliphatic carbocycles. The Morgan fingerprint density at radius 3 is 2.22 bits per heavy atom. The Labute approximate surface area is 111 Å². The lowest BCUT2D eigenvalue weighted by molar-refractivity contribution is -0.00773. The smallest absolute Gasteiger partial charge is 0.0955 e. The minimum atomic E-state index is 0.209. The van der Waals surface area contributed by atoms with Crippen LogP contribution in [0.4, 0.5) is 0 Å². The quantitative estimate of drug-likeness (QED) is 0.866. The molecule has 0 saturated carbocycles. The van der Waals surface area contributed by atoms with Crippen molar-refractivity contribution in [3.05, 3.63) is 34.4 Å². The van der Waals surface area contributed by atoms with Gasteiger partial charge in [0.15, 0.2) is 0 Å². The van der Waals surface area contributed by atoms with Gasteiger partial charge in [0.2, 0.25) is 0 Å². The number of aryl methyl sites for hydroxylation is 3. The predicted octanol–water partition coefficient (Wildman–Crippen LogP) is 3.30. The summed E-state index contributed by atoms with van der Waals surface area (Å²) in [7, 11) is 0. The van der Waals surface area contributed by atoms with Crippen molar-refractivity contribution >= 4 is 0 Å². The van der Waals surface area contributed by atoms with Crippen molar-refractivity contribution in [1.29, 1.82) is 0 Å². The Balaban J connectivity index is 2.15. The fourth-order valence-electron chi connectivity index (χ4n) is 2.91. The summed E-state index contributed by atoms with van der Waals surface area (Å²) in [5.74, 6) is 0.631. The van der Waals surface area contributed by atoms with Crippen molar-refractivity contribution in [1.82, 2.24) is 5.32 Å². The first-order valence-corrected chi connectivity index (χ1v) is 6.91. The van der Waals surface area contributed by atoms with E-state index in [1.165, 1.54) is 22.3 Å². The third-order valence-corrected chi connectivity index (χ3v) is 3.91. The van der Waals surface area contributed by atoms with Crippen LogP contribution in [0, 0.1) is 26.7 Å². The molecule has 0 aromatic heterocycles. The molecule has 1 heterocycles. The SMILES string of the molecule is Cc1cc(C)c(C2CNC(C(C)C)CO2)c(C)c1. The molecule has 2 heteroatoms. The molecule has 1 aliphatic heterocycles. The first-order chi connectivity index (χ1) is 8.49. The second-order valence-electron chi connectivity index (χ2n) is 5.89. The van der Waals surface area contributed by atoms with Crippen LogP contribution in [0.2, 0.25) is 0 Å². The second kappa shape index (κ2) is 5.41. The number of hydrogen-bond acceptors (Lipinski definition) is 2. The van der Waals surface area contributed by atoms with E-state index in [0.29, 0.717) is 12.0 Å². The number of nitrogens with one attached hydrogen (secondary N) is 1. The van der Waals surface area contributed by atoms with Crippen molar-refractivity contribution in [3.8, 4) is 0 Å². The molecule has 2 rings (SSSR count). The molecule has 1 fully saturated rings. The van der Waals surface area contributed by atoms with E-state index in [2.05, 4.69) is 52.1 Å². The lowest BCUT2D eigenvalue weighted by Crippen LogP contribution is -2.46. The zero-order chi connectivity index (χ0) is 13.3. The summed E-state index contributed by atoms with van der Waals surface area (Å²) in [5, 5.41) is 3.61. The van der Waals surface area contributed by atoms with E-state index in [4.69, 9.17) is 4.74 Å². The molecule has 2 atom stereocenters. The highest BCUT2D eigenvalue weighted by Gasteiger charge is 2.26. The summed E-state index contributed by atoms with van der Waals surface area (Å²) >= 11 is 0. The average molecular weight is 247 g/mol. The Kier molecular flexibility index (Phi) is 4.08. The molecular weight excluding hydrogens is 222 g/mol. The topological polar surface area (TPSA) is 21.3 Å². The third kappa shape index (κ3) is 2.76. The maximum absolute atomic E-state index is 6.08. The van der Waals surface area contributed by atoms with Gasteiger partial charge in [0.05, 0.1) is 12.7 Å². The van der Waals surface area contributed by atoms with Crippen molar-refractivity contribution in [2.24, 2.45) is 5.92 Å². The molecule has 1 N–H and O–H groups in total. The molecule has 0 spiro atoms. The van der Waals surface area contributed by atoms with Gasteiger partial charge in [-0.05, 0) is 43.4 Å². The molecule has 1 aromatic carbocycles. The molecule has 18 heavy (non-hydrogen) atoms. The Hall–Kier alpha value is -0.860. The first kappa shape index (κ1) is 13.6. The Morgan fingerprint density at radius 2 is 1.78 bits per heavy atom. The number of benzene rings is 1. The van der Waals surface area contributed by atoms with E-state index in [1.54, 1.807) is 0 Å². The second-order valence-corrected chi connectivity index (χ2v) is 5.89. The fourth-order valence-corrected chi connectivity index (χ4v) is 2.91. The predicted molar refractivity (Wildman–Crippen MR) is 76.0 cm³/mol. The molecule has 2 nitrogen and oxygen atoms in total. The molecule has 100 valence electrons. The highest BCUT2D eigenvalue weighted by Crippen LogP contribution is 2.28. The molecule has 0 bridgehead atoms. The van der Waals surface area contributed by atoms with Gasteiger partial charge in [0, 0.05) is 12.6 Å². The van der Waals surface area contributed by atoms with E-state index in [1.807, 2.05) is 0 Å². The average Bonchev–Trinajstić information content (AvgIpc) is 2.28. The van der Waals surface area contributed by atoms with Crippen molar-refractivity contribution in [2.45, 2.75) is 46.8 Å². The van der Waals surface area contributed by atoms with Crippen LogP contribution in [0.25, 0.3) is 0 Å². The van der Waals surface area contributed by atoms with Crippen molar-refractivity contribution < 1.29 is 4.74 Å². The van der Waals surface area contributed by atoms with Crippen molar-refractivity contribution in [3.63, 3.8) is 0 Å². The molecule has 1 aliphatic rings. The van der Waals surface area contributed by atoms with Gasteiger partial charge in [0.1, 0.15) is 0 Å². The maximum atomic E-state index is 6.08. The van der Waals surface area contributed by atoms with E-state index in [0.717, 1.165) is 13.2 Å². The van der Waals surface area contributed by atoms with Gasteiger partial charge in [-0.2, -0.15) is 0 Å². The minimum absolute atomic E-state index is 0.209. The van der Waals surface area contributed by atoms with Crippen LogP contribution < -0.4 is 5.32 Å². The number of rotatable bonds is 2. The van der Waals surface area contributed by atoms with E-state index >= 15 is 0 Å². The number of morpholine rings is 1. The monoisotopic (exact) mass is 247 g/mol. The summed E-state index contributed by atoms with van der Waals surface area (Å²) in [6.07, 6.45) is 0.209. The highest BCUT2D eigenvalue weighted by atomic mass is 16.5.